The quantitative estimate of drug-likeness (QED) is 0.556. The summed E-state index contributed by atoms with van der Waals surface area (Å²) >= 11 is 0. The van der Waals surface area contributed by atoms with E-state index in [0.717, 1.165) is 11.0 Å². The average Bonchev–Trinajstić information content (AvgIpc) is 3.37. The highest BCUT2D eigenvalue weighted by molar-refractivity contribution is 6.18. The maximum atomic E-state index is 12.9. The molecule has 1 saturated heterocycles. The summed E-state index contributed by atoms with van der Waals surface area (Å²) in [7, 11) is 3.08. The number of nitrogens with zero attached hydrogens (tertiary/aromatic N) is 4. The Morgan fingerprint density at radius 3 is 2.76 bits per heavy atom. The number of nitrogens with one attached hydrogen (secondary N) is 2. The Morgan fingerprint density at radius 1 is 1.27 bits per heavy atom. The van der Waals surface area contributed by atoms with Crippen LogP contribution in [0.3, 0.4) is 0 Å². The van der Waals surface area contributed by atoms with Crippen LogP contribution in [0.4, 0.5) is 0 Å². The summed E-state index contributed by atoms with van der Waals surface area (Å²) in [5.74, 6) is -2.36. The number of benzene rings is 1. The zero-order valence-electron chi connectivity index (χ0n) is 17.8. The summed E-state index contributed by atoms with van der Waals surface area (Å²) < 4.78 is 5.28. The third-order valence-electron chi connectivity index (χ3n) is 5.35. The number of imide groups is 2. The van der Waals surface area contributed by atoms with E-state index in [1.165, 1.54) is 11.9 Å². The van der Waals surface area contributed by atoms with Gasteiger partial charge in [-0.2, -0.15) is 4.98 Å². The molecule has 2 aliphatic rings. The minimum atomic E-state index is -1.04. The van der Waals surface area contributed by atoms with Crippen LogP contribution >= 0.6 is 0 Å². The summed E-state index contributed by atoms with van der Waals surface area (Å²) in [5, 5.41) is 8.62. The van der Waals surface area contributed by atoms with Crippen molar-refractivity contribution in [2.75, 3.05) is 14.1 Å². The van der Waals surface area contributed by atoms with Crippen molar-refractivity contribution < 1.29 is 28.5 Å². The van der Waals surface area contributed by atoms with Gasteiger partial charge in [-0.1, -0.05) is 23.4 Å². The smallest absolute Gasteiger partial charge is 0.277 e. The van der Waals surface area contributed by atoms with E-state index in [4.69, 9.17) is 4.52 Å². The molecule has 0 saturated carbocycles. The van der Waals surface area contributed by atoms with Crippen LogP contribution in [-0.4, -0.2) is 69.6 Å². The first-order valence-corrected chi connectivity index (χ1v) is 10.1. The molecule has 1 unspecified atom stereocenters. The Hall–Kier alpha value is -4.35. The van der Waals surface area contributed by atoms with Crippen LogP contribution < -0.4 is 10.6 Å². The molecule has 2 N–H and O–H groups in total. The Bertz CT molecular complexity index is 1200. The molecule has 0 spiro atoms. The molecule has 1 atom stereocenters. The molecule has 2 aromatic rings. The van der Waals surface area contributed by atoms with E-state index in [1.54, 1.807) is 31.3 Å². The van der Waals surface area contributed by atoms with Gasteiger partial charge >= 0.3 is 0 Å². The van der Waals surface area contributed by atoms with Gasteiger partial charge in [0.05, 0.1) is 12.1 Å². The average molecular weight is 452 g/mol. The van der Waals surface area contributed by atoms with Crippen LogP contribution in [0.5, 0.6) is 0 Å². The Morgan fingerprint density at radius 2 is 2.03 bits per heavy atom. The molecule has 4 rings (SSSR count). The number of likely N-dealkylation sites (N-methyl/N-ethyl adjacent to an activating group) is 1. The minimum Gasteiger partial charge on any atom is -0.361 e. The zero-order chi connectivity index (χ0) is 23.7. The van der Waals surface area contributed by atoms with Crippen molar-refractivity contribution in [3.05, 3.63) is 47.5 Å². The number of hydrogen-bond donors (Lipinski definition) is 2. The lowest BCUT2D eigenvalue weighted by Gasteiger charge is -2.29. The standard InChI is InChI=1S/C21H20N6O6/c1-22-19(30)12-6-4-3-5-11(12)18-24-16(33-25-18)10-26(2)14-9-17(29)27(21(14)32)13-7-8-15(28)23-20(13)31/h3-6,9,13H,7-8,10H2,1-2H3,(H,22,30)(H,23,28,31). The van der Waals surface area contributed by atoms with Crippen LogP contribution in [-0.2, 0) is 25.7 Å². The molecule has 1 aromatic carbocycles. The van der Waals surface area contributed by atoms with Crippen LogP contribution in [0, 0.1) is 0 Å². The Labute approximate surface area is 187 Å². The highest BCUT2D eigenvalue weighted by Crippen LogP contribution is 2.25. The number of carbonyl (C=O) groups is 5. The van der Waals surface area contributed by atoms with Gasteiger partial charge < -0.3 is 14.7 Å². The van der Waals surface area contributed by atoms with Gasteiger partial charge in [0.25, 0.3) is 17.7 Å². The van der Waals surface area contributed by atoms with Crippen molar-refractivity contribution in [2.24, 2.45) is 0 Å². The van der Waals surface area contributed by atoms with Crippen molar-refractivity contribution in [3.63, 3.8) is 0 Å². The van der Waals surface area contributed by atoms with Crippen LogP contribution in [0.1, 0.15) is 29.1 Å². The second-order valence-corrected chi connectivity index (χ2v) is 7.50. The van der Waals surface area contributed by atoms with Gasteiger partial charge in [-0.05, 0) is 12.5 Å². The Kier molecular flexibility index (Phi) is 5.73. The highest BCUT2D eigenvalue weighted by atomic mass is 16.5. The third-order valence-corrected chi connectivity index (χ3v) is 5.35. The van der Waals surface area contributed by atoms with Gasteiger partial charge in [0, 0.05) is 32.2 Å². The number of aromatic nitrogens is 2. The first-order chi connectivity index (χ1) is 15.8. The predicted octanol–water partition coefficient (Wildman–Crippen LogP) is -0.414. The van der Waals surface area contributed by atoms with E-state index in [2.05, 4.69) is 20.8 Å². The summed E-state index contributed by atoms with van der Waals surface area (Å²) in [6.07, 6.45) is 1.25. The number of rotatable bonds is 6. The zero-order valence-corrected chi connectivity index (χ0v) is 17.8. The number of amides is 5. The normalized spacial score (nSPS) is 18.3. The summed E-state index contributed by atoms with van der Waals surface area (Å²) in [6, 6.07) is 5.73. The molecule has 1 aromatic heterocycles. The molecular formula is C21H20N6O6. The van der Waals surface area contributed by atoms with Gasteiger partial charge in [0.2, 0.25) is 23.5 Å². The SMILES string of the molecule is CNC(=O)c1ccccc1-c1noc(CN(C)C2=CC(=O)N(C3CCC(=O)NC3=O)C2=O)n1. The molecule has 33 heavy (non-hydrogen) atoms. The minimum absolute atomic E-state index is 0.00316. The van der Waals surface area contributed by atoms with Crippen molar-refractivity contribution >= 4 is 29.5 Å². The monoisotopic (exact) mass is 452 g/mol. The second-order valence-electron chi connectivity index (χ2n) is 7.50. The van der Waals surface area contributed by atoms with E-state index >= 15 is 0 Å². The molecule has 0 aliphatic carbocycles. The molecule has 0 radical (unpaired) electrons. The van der Waals surface area contributed by atoms with Crippen LogP contribution in [0.25, 0.3) is 11.4 Å². The highest BCUT2D eigenvalue weighted by Gasteiger charge is 2.43. The molecule has 12 heteroatoms. The second kappa shape index (κ2) is 8.65. The molecule has 3 heterocycles. The molecule has 2 aliphatic heterocycles. The van der Waals surface area contributed by atoms with Gasteiger partial charge in [0.1, 0.15) is 11.7 Å². The van der Waals surface area contributed by atoms with E-state index < -0.39 is 29.7 Å². The molecule has 1 fully saturated rings. The van der Waals surface area contributed by atoms with Crippen LogP contribution in [0.2, 0.25) is 0 Å². The maximum Gasteiger partial charge on any atom is 0.277 e. The number of hydrogen-bond acceptors (Lipinski definition) is 9. The summed E-state index contributed by atoms with van der Waals surface area (Å²) in [6.45, 7) is 0.00316. The Balaban J connectivity index is 1.49. The lowest BCUT2D eigenvalue weighted by molar-refractivity contribution is -0.150. The fourth-order valence-electron chi connectivity index (χ4n) is 3.70. The lowest BCUT2D eigenvalue weighted by atomic mass is 10.0. The van der Waals surface area contributed by atoms with Crippen molar-refractivity contribution in [1.82, 2.24) is 30.6 Å². The molecule has 12 nitrogen and oxygen atoms in total. The molecular weight excluding hydrogens is 432 g/mol. The van der Waals surface area contributed by atoms with E-state index in [1.807, 2.05) is 0 Å². The van der Waals surface area contributed by atoms with E-state index in [9.17, 15) is 24.0 Å². The topological polar surface area (TPSA) is 155 Å². The van der Waals surface area contributed by atoms with E-state index in [-0.39, 0.29) is 42.7 Å². The van der Waals surface area contributed by atoms with Crippen molar-refractivity contribution in [2.45, 2.75) is 25.4 Å². The maximum absolute atomic E-state index is 12.9. The van der Waals surface area contributed by atoms with Crippen molar-refractivity contribution in [3.8, 4) is 11.4 Å². The van der Waals surface area contributed by atoms with Gasteiger partial charge in [-0.3, -0.25) is 34.2 Å². The van der Waals surface area contributed by atoms with Crippen LogP contribution in [0.15, 0.2) is 40.6 Å². The first-order valence-electron chi connectivity index (χ1n) is 10.1. The molecule has 0 bridgehead atoms. The number of carbonyl (C=O) groups excluding carboxylic acids is 5. The summed E-state index contributed by atoms with van der Waals surface area (Å²) in [5.41, 5.74) is 0.903. The fraction of sp³-hybridized carbons (Fsp3) is 0.286. The molecule has 5 amide bonds. The third kappa shape index (κ3) is 4.10. The number of piperidine rings is 1. The lowest BCUT2D eigenvalue weighted by Crippen LogP contribution is -2.54. The molecule has 170 valence electrons. The predicted molar refractivity (Wildman–Crippen MR) is 111 cm³/mol. The van der Waals surface area contributed by atoms with E-state index in [0.29, 0.717) is 11.1 Å². The summed E-state index contributed by atoms with van der Waals surface area (Å²) in [4.78, 5) is 67.5. The fourth-order valence-corrected chi connectivity index (χ4v) is 3.70. The van der Waals surface area contributed by atoms with Gasteiger partial charge in [-0.25, -0.2) is 0 Å². The van der Waals surface area contributed by atoms with Gasteiger partial charge in [-0.15, -0.1) is 0 Å². The van der Waals surface area contributed by atoms with Gasteiger partial charge in [0.15, 0.2) is 0 Å². The first kappa shape index (κ1) is 21.9. The largest absolute Gasteiger partial charge is 0.361 e. The van der Waals surface area contributed by atoms with Crippen molar-refractivity contribution in [1.29, 1.82) is 0 Å².